The van der Waals surface area contributed by atoms with Crippen molar-refractivity contribution in [2.45, 2.75) is 19.4 Å². The van der Waals surface area contributed by atoms with E-state index in [-0.39, 0.29) is 23.7 Å². The van der Waals surface area contributed by atoms with Crippen LogP contribution in [-0.4, -0.2) is 48.9 Å². The van der Waals surface area contributed by atoms with E-state index in [1.54, 1.807) is 12.0 Å². The van der Waals surface area contributed by atoms with Crippen LogP contribution in [0.3, 0.4) is 0 Å². The molecule has 1 heterocycles. The maximum atomic E-state index is 13.6. The van der Waals surface area contributed by atoms with Crippen molar-refractivity contribution in [3.8, 4) is 5.75 Å². The molecule has 0 N–H and O–H groups in total. The Labute approximate surface area is 195 Å². The number of hydrogen-bond donors (Lipinski definition) is 0. The van der Waals surface area contributed by atoms with E-state index in [9.17, 15) is 9.59 Å². The molecule has 2 atom stereocenters. The zero-order valence-corrected chi connectivity index (χ0v) is 19.4. The minimum Gasteiger partial charge on any atom is -0.497 e. The maximum Gasteiger partial charge on any atom is 0.253 e. The Balaban J connectivity index is 1.60. The summed E-state index contributed by atoms with van der Waals surface area (Å²) in [6, 6.07) is 25.4. The fourth-order valence-electron chi connectivity index (χ4n) is 4.53. The molecular weight excluding hydrogens is 412 g/mol. The highest BCUT2D eigenvalue weighted by Crippen LogP contribution is 2.36. The van der Waals surface area contributed by atoms with Crippen LogP contribution in [0.4, 0.5) is 0 Å². The lowest BCUT2D eigenvalue weighted by atomic mass is 9.88. The zero-order valence-electron chi connectivity index (χ0n) is 19.4. The van der Waals surface area contributed by atoms with Crippen LogP contribution in [0.15, 0.2) is 78.9 Å². The molecule has 2 unspecified atom stereocenters. The largest absolute Gasteiger partial charge is 0.497 e. The van der Waals surface area contributed by atoms with Crippen molar-refractivity contribution < 1.29 is 14.3 Å². The molecule has 170 valence electrons. The summed E-state index contributed by atoms with van der Waals surface area (Å²) in [5.74, 6) is 0.342. The Morgan fingerprint density at radius 2 is 1.70 bits per heavy atom. The van der Waals surface area contributed by atoms with Crippen LogP contribution in [0.25, 0.3) is 0 Å². The van der Waals surface area contributed by atoms with Crippen LogP contribution in [0.2, 0.25) is 0 Å². The fourth-order valence-corrected chi connectivity index (χ4v) is 4.53. The van der Waals surface area contributed by atoms with E-state index in [1.165, 1.54) is 0 Å². The minimum absolute atomic E-state index is 0.0380. The van der Waals surface area contributed by atoms with Crippen LogP contribution in [-0.2, 0) is 11.3 Å². The molecule has 1 aliphatic rings. The number of carbonyl (C=O) groups excluding carboxylic acids is 2. The number of carbonyl (C=O) groups is 2. The van der Waals surface area contributed by atoms with Crippen molar-refractivity contribution in [2.24, 2.45) is 5.92 Å². The molecule has 0 radical (unpaired) electrons. The minimum atomic E-state index is -0.319. The molecule has 3 aromatic carbocycles. The van der Waals surface area contributed by atoms with Crippen molar-refractivity contribution in [3.63, 3.8) is 0 Å². The fraction of sp³-hybridized carbons (Fsp3) is 0.286. The van der Waals surface area contributed by atoms with E-state index in [4.69, 9.17) is 4.74 Å². The van der Waals surface area contributed by atoms with E-state index >= 15 is 0 Å². The van der Waals surface area contributed by atoms with Gasteiger partial charge in [-0.2, -0.15) is 0 Å². The lowest BCUT2D eigenvalue weighted by Gasteiger charge is -2.25. The van der Waals surface area contributed by atoms with Crippen LogP contribution in [0, 0.1) is 12.8 Å². The molecule has 1 aliphatic heterocycles. The number of likely N-dealkylation sites (tertiary alicyclic amines) is 1. The summed E-state index contributed by atoms with van der Waals surface area (Å²) in [7, 11) is 3.47. The third-order valence-electron chi connectivity index (χ3n) is 6.38. The molecule has 0 aromatic heterocycles. The average Bonchev–Trinajstić information content (AvgIpc) is 3.30. The van der Waals surface area contributed by atoms with Crippen molar-refractivity contribution in [2.75, 3.05) is 27.2 Å². The summed E-state index contributed by atoms with van der Waals surface area (Å²) in [6.07, 6.45) is 0. The number of nitrogens with zero attached hydrogens (tertiary/aromatic N) is 2. The summed E-state index contributed by atoms with van der Waals surface area (Å²) < 4.78 is 5.42. The third-order valence-corrected chi connectivity index (χ3v) is 6.38. The average molecular weight is 443 g/mol. The number of benzene rings is 3. The number of amides is 2. The monoisotopic (exact) mass is 442 g/mol. The number of hydrogen-bond acceptors (Lipinski definition) is 3. The molecule has 0 bridgehead atoms. The van der Waals surface area contributed by atoms with E-state index in [0.717, 1.165) is 22.4 Å². The molecule has 0 saturated carbocycles. The van der Waals surface area contributed by atoms with E-state index < -0.39 is 0 Å². The first-order chi connectivity index (χ1) is 16.0. The predicted octanol–water partition coefficient (Wildman–Crippen LogP) is 4.52. The van der Waals surface area contributed by atoms with Gasteiger partial charge in [-0.1, -0.05) is 60.2 Å². The highest BCUT2D eigenvalue weighted by molar-refractivity contribution is 5.95. The van der Waals surface area contributed by atoms with Gasteiger partial charge in [0.25, 0.3) is 5.91 Å². The number of methoxy groups -OCH3 is 1. The first kappa shape index (κ1) is 22.6. The predicted molar refractivity (Wildman–Crippen MR) is 129 cm³/mol. The molecule has 5 nitrogen and oxygen atoms in total. The second-order valence-corrected chi connectivity index (χ2v) is 8.75. The second-order valence-electron chi connectivity index (χ2n) is 8.75. The highest BCUT2D eigenvalue weighted by Gasteiger charge is 2.41. The molecule has 4 rings (SSSR count). The summed E-state index contributed by atoms with van der Waals surface area (Å²) >= 11 is 0. The topological polar surface area (TPSA) is 49.9 Å². The molecular formula is C28H30N2O3. The van der Waals surface area contributed by atoms with Gasteiger partial charge in [0.05, 0.1) is 13.0 Å². The molecule has 3 aromatic rings. The molecule has 2 amide bonds. The van der Waals surface area contributed by atoms with Gasteiger partial charge in [0.15, 0.2) is 0 Å². The second kappa shape index (κ2) is 9.90. The first-order valence-electron chi connectivity index (χ1n) is 11.2. The Bertz CT molecular complexity index is 1110. The van der Waals surface area contributed by atoms with Gasteiger partial charge in [-0.05, 0) is 42.3 Å². The van der Waals surface area contributed by atoms with Gasteiger partial charge in [0.2, 0.25) is 5.91 Å². The first-order valence-corrected chi connectivity index (χ1v) is 11.2. The van der Waals surface area contributed by atoms with Crippen LogP contribution >= 0.6 is 0 Å². The molecule has 1 saturated heterocycles. The van der Waals surface area contributed by atoms with Gasteiger partial charge in [-0.15, -0.1) is 0 Å². The number of aryl methyl sites for hydroxylation is 1. The standard InChI is InChI=1S/C28H30N2O3/c1-20-12-14-22(15-13-20)27(31)30-18-25(23-10-7-11-24(16-23)33-3)26(19-30)28(32)29(2)17-21-8-5-4-6-9-21/h4-16,25-26H,17-19H2,1-3H3. The van der Waals surface area contributed by atoms with Crippen molar-refractivity contribution >= 4 is 11.8 Å². The smallest absolute Gasteiger partial charge is 0.253 e. The van der Waals surface area contributed by atoms with E-state index in [0.29, 0.717) is 25.2 Å². The number of ether oxygens (including phenoxy) is 1. The highest BCUT2D eigenvalue weighted by atomic mass is 16.5. The number of rotatable bonds is 6. The quantitative estimate of drug-likeness (QED) is 0.564. The Morgan fingerprint density at radius 1 is 0.970 bits per heavy atom. The van der Waals surface area contributed by atoms with Gasteiger partial charge >= 0.3 is 0 Å². The molecule has 0 spiro atoms. The van der Waals surface area contributed by atoms with Crippen LogP contribution in [0.5, 0.6) is 5.75 Å². The van der Waals surface area contributed by atoms with Gasteiger partial charge in [-0.3, -0.25) is 9.59 Å². The lowest BCUT2D eigenvalue weighted by Crippen LogP contribution is -2.36. The van der Waals surface area contributed by atoms with E-state index in [1.807, 2.05) is 97.7 Å². The van der Waals surface area contributed by atoms with Crippen molar-refractivity contribution in [1.82, 2.24) is 9.80 Å². The van der Waals surface area contributed by atoms with Gasteiger partial charge in [-0.25, -0.2) is 0 Å². The molecule has 5 heteroatoms. The summed E-state index contributed by atoms with van der Waals surface area (Å²) in [5, 5.41) is 0. The van der Waals surface area contributed by atoms with Gasteiger partial charge < -0.3 is 14.5 Å². The van der Waals surface area contributed by atoms with Crippen LogP contribution < -0.4 is 4.74 Å². The van der Waals surface area contributed by atoms with E-state index in [2.05, 4.69) is 0 Å². The molecule has 1 fully saturated rings. The molecule has 33 heavy (non-hydrogen) atoms. The normalized spacial score (nSPS) is 17.6. The van der Waals surface area contributed by atoms with Crippen LogP contribution in [0.1, 0.15) is 33.0 Å². The Hall–Kier alpha value is -3.60. The zero-order chi connectivity index (χ0) is 23.4. The third kappa shape index (κ3) is 5.08. The van der Waals surface area contributed by atoms with Gasteiger partial charge in [0, 0.05) is 38.2 Å². The van der Waals surface area contributed by atoms with Crippen molar-refractivity contribution in [3.05, 3.63) is 101 Å². The SMILES string of the molecule is COc1cccc(C2CN(C(=O)c3ccc(C)cc3)CC2C(=O)N(C)Cc2ccccc2)c1. The Kier molecular flexibility index (Phi) is 6.78. The lowest BCUT2D eigenvalue weighted by molar-refractivity contribution is -0.134. The summed E-state index contributed by atoms with van der Waals surface area (Å²) in [5.41, 5.74) is 3.85. The summed E-state index contributed by atoms with van der Waals surface area (Å²) in [4.78, 5) is 30.4. The maximum absolute atomic E-state index is 13.6. The van der Waals surface area contributed by atoms with Crippen molar-refractivity contribution in [1.29, 1.82) is 0 Å². The molecule has 0 aliphatic carbocycles. The Morgan fingerprint density at radius 3 is 2.39 bits per heavy atom. The summed E-state index contributed by atoms with van der Waals surface area (Å²) in [6.45, 7) is 3.43. The van der Waals surface area contributed by atoms with Gasteiger partial charge in [0.1, 0.15) is 5.75 Å².